The summed E-state index contributed by atoms with van der Waals surface area (Å²) in [5, 5.41) is 7.27. The fourth-order valence-corrected chi connectivity index (χ4v) is 9.08. The summed E-state index contributed by atoms with van der Waals surface area (Å²) in [6.45, 7) is 4.70. The zero-order chi connectivity index (χ0) is 36.7. The van der Waals surface area contributed by atoms with Crippen molar-refractivity contribution in [2.24, 2.45) is 0 Å². The van der Waals surface area contributed by atoms with Crippen molar-refractivity contribution >= 4 is 60.5 Å². The van der Waals surface area contributed by atoms with Crippen molar-refractivity contribution in [3.8, 4) is 33.4 Å². The molecule has 0 saturated carbocycles. The Hall–Kier alpha value is -6.90. The largest absolute Gasteiger partial charge is 0.456 e. The second-order valence-electron chi connectivity index (χ2n) is 15.3. The first kappa shape index (κ1) is 31.6. The number of para-hydroxylation sites is 1. The monoisotopic (exact) mass is 703 g/mol. The highest BCUT2D eigenvalue weighted by atomic mass is 16.3. The van der Waals surface area contributed by atoms with Gasteiger partial charge in [0.05, 0.1) is 0 Å². The molecule has 0 N–H and O–H groups in total. The van der Waals surface area contributed by atoms with Gasteiger partial charge in [-0.1, -0.05) is 147 Å². The predicted molar refractivity (Wildman–Crippen MR) is 232 cm³/mol. The van der Waals surface area contributed by atoms with Crippen molar-refractivity contribution in [1.82, 2.24) is 0 Å². The zero-order valence-electron chi connectivity index (χ0n) is 30.8. The predicted octanol–water partition coefficient (Wildman–Crippen LogP) is 15.0. The average Bonchev–Trinajstić information content (AvgIpc) is 3.73. The molecule has 0 atom stereocenters. The Morgan fingerprint density at radius 3 is 1.85 bits per heavy atom. The van der Waals surface area contributed by atoms with E-state index >= 15 is 0 Å². The molecule has 1 heterocycles. The van der Waals surface area contributed by atoms with Crippen molar-refractivity contribution in [2.75, 3.05) is 4.90 Å². The van der Waals surface area contributed by atoms with E-state index < -0.39 is 0 Å². The minimum absolute atomic E-state index is 0.0971. The fraction of sp³-hybridized carbons (Fsp3) is 0.0566. The quantitative estimate of drug-likeness (QED) is 0.177. The summed E-state index contributed by atoms with van der Waals surface area (Å²) in [5.74, 6) is 0. The Balaban J connectivity index is 1.01. The number of hydrogen-bond donors (Lipinski definition) is 0. The van der Waals surface area contributed by atoms with Crippen LogP contribution in [-0.2, 0) is 5.41 Å². The van der Waals surface area contributed by atoms with Crippen LogP contribution < -0.4 is 4.90 Å². The molecule has 0 aliphatic heterocycles. The van der Waals surface area contributed by atoms with Crippen LogP contribution in [0.25, 0.3) is 76.9 Å². The SMILES string of the molecule is CC1(C)c2ccccc2-c2ccc(N(c3ccc(-c4ccc5c(ccc6oc7ccccc7c65)c4)cc3)c3ccc(-c4cccc5ccccc45)cc3)cc21. The van der Waals surface area contributed by atoms with Gasteiger partial charge in [-0.3, -0.25) is 0 Å². The summed E-state index contributed by atoms with van der Waals surface area (Å²) >= 11 is 0. The maximum Gasteiger partial charge on any atom is 0.136 e. The van der Waals surface area contributed by atoms with Crippen LogP contribution in [-0.4, -0.2) is 0 Å². The Morgan fingerprint density at radius 2 is 1.02 bits per heavy atom. The Kier molecular flexibility index (Phi) is 6.93. The molecule has 11 rings (SSSR count). The van der Waals surface area contributed by atoms with Crippen LogP contribution in [0.2, 0.25) is 0 Å². The third kappa shape index (κ3) is 4.95. The molecule has 0 unspecified atom stereocenters. The summed E-state index contributed by atoms with van der Waals surface area (Å²) in [6, 6.07) is 68.5. The average molecular weight is 704 g/mol. The van der Waals surface area contributed by atoms with Gasteiger partial charge in [0.2, 0.25) is 0 Å². The van der Waals surface area contributed by atoms with Gasteiger partial charge in [-0.05, 0) is 121 Å². The van der Waals surface area contributed by atoms with E-state index in [4.69, 9.17) is 4.42 Å². The van der Waals surface area contributed by atoms with E-state index in [0.29, 0.717) is 0 Å². The van der Waals surface area contributed by atoms with Gasteiger partial charge < -0.3 is 9.32 Å². The summed E-state index contributed by atoms with van der Waals surface area (Å²) < 4.78 is 6.18. The standard InChI is InChI=1S/C53H37NO/c1-53(2)48-16-7-5-13-45(48)46-30-28-41(33-49(46)53)54(40-26-20-36(21-27-40)43-15-9-11-35-10-3-4-12-42(35)43)39-24-18-34(19-25-39)37-22-29-44-38(32-37)23-31-51-52(44)47-14-6-8-17-50(47)55-51/h3-33H,1-2H3. The minimum Gasteiger partial charge on any atom is -0.456 e. The molecular formula is C53H37NO. The molecule has 0 radical (unpaired) electrons. The van der Waals surface area contributed by atoms with Crippen LogP contribution in [0.5, 0.6) is 0 Å². The van der Waals surface area contributed by atoms with E-state index in [1.807, 2.05) is 12.1 Å². The van der Waals surface area contributed by atoms with Gasteiger partial charge >= 0.3 is 0 Å². The van der Waals surface area contributed by atoms with Crippen molar-refractivity contribution in [3.63, 3.8) is 0 Å². The molecule has 0 fully saturated rings. The van der Waals surface area contributed by atoms with Crippen LogP contribution in [0.1, 0.15) is 25.0 Å². The van der Waals surface area contributed by atoms with Crippen LogP contribution in [0.3, 0.4) is 0 Å². The number of nitrogens with zero attached hydrogens (tertiary/aromatic N) is 1. The van der Waals surface area contributed by atoms with E-state index in [2.05, 4.69) is 195 Å². The highest BCUT2D eigenvalue weighted by Crippen LogP contribution is 2.51. The first-order valence-corrected chi connectivity index (χ1v) is 19.1. The maximum atomic E-state index is 6.18. The van der Waals surface area contributed by atoms with Crippen LogP contribution in [0.4, 0.5) is 17.1 Å². The van der Waals surface area contributed by atoms with Crippen LogP contribution in [0.15, 0.2) is 192 Å². The second-order valence-corrected chi connectivity index (χ2v) is 15.3. The van der Waals surface area contributed by atoms with Gasteiger partial charge in [0.25, 0.3) is 0 Å². The van der Waals surface area contributed by atoms with Crippen molar-refractivity contribution in [2.45, 2.75) is 19.3 Å². The van der Waals surface area contributed by atoms with E-state index in [-0.39, 0.29) is 5.41 Å². The van der Waals surface area contributed by atoms with E-state index in [0.717, 1.165) is 33.6 Å². The van der Waals surface area contributed by atoms with E-state index in [1.165, 1.54) is 71.4 Å². The molecule has 9 aromatic carbocycles. The van der Waals surface area contributed by atoms with Gasteiger partial charge in [-0.15, -0.1) is 0 Å². The van der Waals surface area contributed by atoms with Gasteiger partial charge in [0.15, 0.2) is 0 Å². The number of furan rings is 1. The molecule has 1 aliphatic carbocycles. The third-order valence-electron chi connectivity index (χ3n) is 11.9. The molecule has 10 aromatic rings. The molecule has 0 saturated heterocycles. The molecule has 0 amide bonds. The lowest BCUT2D eigenvalue weighted by atomic mass is 9.82. The van der Waals surface area contributed by atoms with Crippen molar-refractivity contribution < 1.29 is 4.42 Å². The van der Waals surface area contributed by atoms with Crippen molar-refractivity contribution in [3.05, 3.63) is 199 Å². The molecule has 1 aliphatic rings. The molecule has 2 heteroatoms. The van der Waals surface area contributed by atoms with E-state index in [1.54, 1.807) is 0 Å². The normalized spacial score (nSPS) is 13.1. The number of benzene rings is 9. The maximum absolute atomic E-state index is 6.18. The number of hydrogen-bond acceptors (Lipinski definition) is 2. The first-order chi connectivity index (χ1) is 27.0. The molecule has 1 aromatic heterocycles. The molecule has 260 valence electrons. The Labute approximate surface area is 320 Å². The number of anilines is 3. The fourth-order valence-electron chi connectivity index (χ4n) is 9.08. The lowest BCUT2D eigenvalue weighted by molar-refractivity contribution is 0.660. The van der Waals surface area contributed by atoms with Gasteiger partial charge in [-0.25, -0.2) is 0 Å². The van der Waals surface area contributed by atoms with Gasteiger partial charge in [0.1, 0.15) is 11.2 Å². The second kappa shape index (κ2) is 12.1. The summed E-state index contributed by atoms with van der Waals surface area (Å²) in [5.41, 5.74) is 15.3. The lowest BCUT2D eigenvalue weighted by Gasteiger charge is -2.28. The minimum atomic E-state index is -0.0971. The smallest absolute Gasteiger partial charge is 0.136 e. The van der Waals surface area contributed by atoms with Crippen molar-refractivity contribution in [1.29, 1.82) is 0 Å². The summed E-state index contributed by atoms with van der Waals surface area (Å²) in [6.07, 6.45) is 0. The number of rotatable bonds is 5. The van der Waals surface area contributed by atoms with Crippen LogP contribution in [0, 0.1) is 0 Å². The Morgan fingerprint density at radius 1 is 0.382 bits per heavy atom. The highest BCUT2D eigenvalue weighted by Gasteiger charge is 2.35. The third-order valence-corrected chi connectivity index (χ3v) is 11.9. The first-order valence-electron chi connectivity index (χ1n) is 19.1. The zero-order valence-corrected chi connectivity index (χ0v) is 30.8. The topological polar surface area (TPSA) is 16.4 Å². The molecule has 0 spiro atoms. The van der Waals surface area contributed by atoms with Crippen LogP contribution >= 0.6 is 0 Å². The van der Waals surface area contributed by atoms with E-state index in [9.17, 15) is 0 Å². The molecule has 0 bridgehead atoms. The molecular weight excluding hydrogens is 667 g/mol. The molecule has 55 heavy (non-hydrogen) atoms. The van der Waals surface area contributed by atoms with Gasteiger partial charge in [0, 0.05) is 33.2 Å². The summed E-state index contributed by atoms with van der Waals surface area (Å²) in [4.78, 5) is 2.40. The highest BCUT2D eigenvalue weighted by molar-refractivity contribution is 6.19. The number of fused-ring (bicyclic) bond motifs is 9. The molecule has 2 nitrogen and oxygen atoms in total. The Bertz CT molecular complexity index is 3110. The lowest BCUT2D eigenvalue weighted by Crippen LogP contribution is -2.16. The van der Waals surface area contributed by atoms with Gasteiger partial charge in [-0.2, -0.15) is 0 Å². The summed E-state index contributed by atoms with van der Waals surface area (Å²) in [7, 11) is 0.